The first kappa shape index (κ1) is 18.2. The third kappa shape index (κ3) is 2.82. The van der Waals surface area contributed by atoms with Crippen molar-refractivity contribution in [3.05, 3.63) is 41.6 Å². The van der Waals surface area contributed by atoms with Crippen LogP contribution in [0.5, 0.6) is 0 Å². The molecule has 1 spiro atoms. The number of hydrogen-bond acceptors (Lipinski definition) is 7. The Bertz CT molecular complexity index is 993. The molecule has 0 amide bonds. The highest BCUT2D eigenvalue weighted by Gasteiger charge is 2.43. The number of aromatic nitrogens is 3. The minimum atomic E-state index is 0.368. The van der Waals surface area contributed by atoms with Gasteiger partial charge in [0.25, 0.3) is 0 Å². The van der Waals surface area contributed by atoms with Gasteiger partial charge in [0.15, 0.2) is 5.84 Å². The van der Waals surface area contributed by atoms with Crippen LogP contribution < -0.4 is 15.5 Å². The zero-order valence-corrected chi connectivity index (χ0v) is 17.4. The predicted octanol–water partition coefficient (Wildman–Crippen LogP) is 2.68. The van der Waals surface area contributed by atoms with Crippen LogP contribution in [0.25, 0.3) is 0 Å². The van der Waals surface area contributed by atoms with Crippen molar-refractivity contribution in [3.8, 4) is 0 Å². The first-order valence-electron chi connectivity index (χ1n) is 11.4. The number of piperidine rings is 1. The number of aryl methyl sites for hydroxylation is 1. The SMILES string of the molecule is NC1CCCC12CCN(c1cnc3c(n1)CN=C3N1CCCc3ncccc31)CC2. The fourth-order valence-corrected chi connectivity index (χ4v) is 5.88. The van der Waals surface area contributed by atoms with Gasteiger partial charge in [-0.05, 0) is 56.1 Å². The molecule has 1 unspecified atom stereocenters. The molecule has 2 fully saturated rings. The minimum absolute atomic E-state index is 0.368. The number of nitrogens with two attached hydrogens (primary N) is 1. The van der Waals surface area contributed by atoms with Crippen molar-refractivity contribution in [2.75, 3.05) is 29.4 Å². The van der Waals surface area contributed by atoms with E-state index in [1.165, 1.54) is 32.1 Å². The molecule has 0 radical (unpaired) electrons. The van der Waals surface area contributed by atoms with Crippen molar-refractivity contribution >= 4 is 17.3 Å². The fraction of sp³-hybridized carbons (Fsp3) is 0.565. The summed E-state index contributed by atoms with van der Waals surface area (Å²) < 4.78 is 0. The number of nitrogens with zero attached hydrogens (tertiary/aromatic N) is 6. The Hall–Kier alpha value is -2.54. The number of aliphatic imine (C=N–C) groups is 1. The lowest BCUT2D eigenvalue weighted by atomic mass is 9.74. The van der Waals surface area contributed by atoms with E-state index in [0.717, 1.165) is 66.9 Å². The van der Waals surface area contributed by atoms with E-state index < -0.39 is 0 Å². The summed E-state index contributed by atoms with van der Waals surface area (Å²) in [7, 11) is 0. The number of fused-ring (bicyclic) bond motifs is 2. The van der Waals surface area contributed by atoms with Crippen molar-refractivity contribution in [3.63, 3.8) is 0 Å². The molecule has 7 heteroatoms. The summed E-state index contributed by atoms with van der Waals surface area (Å²) in [5.41, 5.74) is 11.1. The first-order valence-corrected chi connectivity index (χ1v) is 11.4. The molecular weight excluding hydrogens is 374 g/mol. The van der Waals surface area contributed by atoms with E-state index in [9.17, 15) is 0 Å². The van der Waals surface area contributed by atoms with Gasteiger partial charge in [0.05, 0.1) is 29.8 Å². The Morgan fingerprint density at radius 1 is 1.03 bits per heavy atom. The zero-order valence-electron chi connectivity index (χ0n) is 17.4. The van der Waals surface area contributed by atoms with Crippen molar-refractivity contribution in [1.29, 1.82) is 0 Å². The van der Waals surface area contributed by atoms with Gasteiger partial charge in [-0.3, -0.25) is 9.98 Å². The molecule has 30 heavy (non-hydrogen) atoms. The Morgan fingerprint density at radius 3 is 2.77 bits per heavy atom. The number of pyridine rings is 1. The summed E-state index contributed by atoms with van der Waals surface area (Å²) in [6.45, 7) is 3.62. The molecule has 1 aliphatic carbocycles. The molecule has 2 aromatic heterocycles. The predicted molar refractivity (Wildman–Crippen MR) is 118 cm³/mol. The normalized spacial score (nSPS) is 24.7. The standard InChI is InChI=1S/C23H29N7/c24-19-6-1-7-23(19)8-12-29(13-9-23)20-15-26-21-17(28-20)14-27-22(21)30-11-3-4-16-18(30)5-2-10-25-16/h2,5,10,15,19H,1,3-4,6-9,11-14,24H2. The molecule has 7 nitrogen and oxygen atoms in total. The average molecular weight is 404 g/mol. The van der Waals surface area contributed by atoms with E-state index in [1.807, 2.05) is 18.5 Å². The molecule has 4 aliphatic rings. The van der Waals surface area contributed by atoms with Gasteiger partial charge < -0.3 is 15.5 Å². The van der Waals surface area contributed by atoms with Crippen LogP contribution in [0.15, 0.2) is 29.5 Å². The second kappa shape index (κ2) is 7.01. The van der Waals surface area contributed by atoms with Crippen molar-refractivity contribution in [2.24, 2.45) is 16.1 Å². The monoisotopic (exact) mass is 403 g/mol. The molecule has 0 bridgehead atoms. The Labute approximate surface area is 177 Å². The van der Waals surface area contributed by atoms with E-state index in [-0.39, 0.29) is 0 Å². The van der Waals surface area contributed by atoms with E-state index in [2.05, 4.69) is 20.9 Å². The second-order valence-electron chi connectivity index (χ2n) is 9.24. The van der Waals surface area contributed by atoms with Crippen LogP contribution in [0.2, 0.25) is 0 Å². The minimum Gasteiger partial charge on any atom is -0.355 e. The summed E-state index contributed by atoms with van der Waals surface area (Å²) in [5, 5.41) is 0. The molecule has 0 aromatic carbocycles. The van der Waals surface area contributed by atoms with Gasteiger partial charge >= 0.3 is 0 Å². The van der Waals surface area contributed by atoms with Crippen LogP contribution in [-0.2, 0) is 13.0 Å². The third-order valence-electron chi connectivity index (χ3n) is 7.69. The van der Waals surface area contributed by atoms with Crippen molar-refractivity contribution in [1.82, 2.24) is 15.0 Å². The second-order valence-corrected chi connectivity index (χ2v) is 9.24. The van der Waals surface area contributed by atoms with Gasteiger partial charge in [0.2, 0.25) is 0 Å². The lowest BCUT2D eigenvalue weighted by Crippen LogP contribution is -2.47. The smallest absolute Gasteiger partial charge is 0.156 e. The van der Waals surface area contributed by atoms with Crippen molar-refractivity contribution < 1.29 is 0 Å². The maximum absolute atomic E-state index is 6.45. The van der Waals surface area contributed by atoms with Crippen LogP contribution in [0.3, 0.4) is 0 Å². The van der Waals surface area contributed by atoms with Gasteiger partial charge in [0, 0.05) is 31.9 Å². The summed E-state index contributed by atoms with van der Waals surface area (Å²) in [4.78, 5) is 23.9. The molecule has 156 valence electrons. The molecule has 2 N–H and O–H groups in total. The van der Waals surface area contributed by atoms with Crippen LogP contribution >= 0.6 is 0 Å². The summed E-state index contributed by atoms with van der Waals surface area (Å²) in [6, 6.07) is 4.52. The van der Waals surface area contributed by atoms with Crippen molar-refractivity contribution in [2.45, 2.75) is 57.5 Å². The Balaban J connectivity index is 1.22. The number of hydrogen-bond donors (Lipinski definition) is 1. The van der Waals surface area contributed by atoms with Gasteiger partial charge in [-0.2, -0.15) is 0 Å². The van der Waals surface area contributed by atoms with Gasteiger partial charge in [-0.1, -0.05) is 6.42 Å². The first-order chi connectivity index (χ1) is 14.7. The van der Waals surface area contributed by atoms with E-state index in [0.29, 0.717) is 18.0 Å². The summed E-state index contributed by atoms with van der Waals surface area (Å²) >= 11 is 0. The molecule has 1 saturated heterocycles. The average Bonchev–Trinajstić information content (AvgIpc) is 3.37. The Morgan fingerprint density at radius 2 is 1.93 bits per heavy atom. The topological polar surface area (TPSA) is 83.5 Å². The van der Waals surface area contributed by atoms with E-state index in [1.54, 1.807) is 0 Å². The summed E-state index contributed by atoms with van der Waals surface area (Å²) in [5.74, 6) is 1.94. The van der Waals surface area contributed by atoms with Gasteiger partial charge in [-0.25, -0.2) is 9.97 Å². The van der Waals surface area contributed by atoms with Crippen LogP contribution in [0.4, 0.5) is 11.5 Å². The molecular formula is C23H29N7. The number of anilines is 2. The highest BCUT2D eigenvalue weighted by Crippen LogP contribution is 2.45. The molecule has 1 atom stereocenters. The number of amidine groups is 1. The molecule has 2 aromatic rings. The van der Waals surface area contributed by atoms with E-state index in [4.69, 9.17) is 20.7 Å². The van der Waals surface area contributed by atoms with Gasteiger partial charge in [0.1, 0.15) is 11.5 Å². The third-order valence-corrected chi connectivity index (χ3v) is 7.69. The molecule has 1 saturated carbocycles. The summed E-state index contributed by atoms with van der Waals surface area (Å²) in [6.07, 6.45) is 12.0. The zero-order chi connectivity index (χ0) is 20.1. The quantitative estimate of drug-likeness (QED) is 0.788. The van der Waals surface area contributed by atoms with Crippen LogP contribution in [0, 0.1) is 5.41 Å². The van der Waals surface area contributed by atoms with Gasteiger partial charge in [-0.15, -0.1) is 0 Å². The van der Waals surface area contributed by atoms with Crippen LogP contribution in [-0.4, -0.2) is 46.5 Å². The molecule has 3 aliphatic heterocycles. The lowest BCUT2D eigenvalue weighted by molar-refractivity contribution is 0.197. The highest BCUT2D eigenvalue weighted by molar-refractivity contribution is 6.11. The lowest BCUT2D eigenvalue weighted by Gasteiger charge is -2.42. The largest absolute Gasteiger partial charge is 0.355 e. The maximum atomic E-state index is 6.45. The fourth-order valence-electron chi connectivity index (χ4n) is 5.88. The van der Waals surface area contributed by atoms with E-state index >= 15 is 0 Å². The number of rotatable bonds is 1. The highest BCUT2D eigenvalue weighted by atomic mass is 15.3. The molecule has 6 rings (SSSR count). The molecule has 5 heterocycles. The Kier molecular flexibility index (Phi) is 4.26. The van der Waals surface area contributed by atoms with Crippen LogP contribution in [0.1, 0.15) is 55.6 Å². The maximum Gasteiger partial charge on any atom is 0.156 e.